The Hall–Kier alpha value is -2.31. The van der Waals surface area contributed by atoms with E-state index in [4.69, 9.17) is 23.2 Å². The molecule has 2 aromatic carbocycles. The van der Waals surface area contributed by atoms with Crippen LogP contribution >= 0.6 is 23.2 Å². The molecule has 1 unspecified atom stereocenters. The molecular weight excluding hydrogens is 442 g/mol. The Labute approximate surface area is 190 Å². The number of carbonyl (C=O) groups is 2. The monoisotopic (exact) mass is 464 g/mol. The molecule has 8 heteroatoms. The summed E-state index contributed by atoms with van der Waals surface area (Å²) in [7, 11) is 0. The average molecular weight is 465 g/mol. The average Bonchev–Trinajstić information content (AvgIpc) is 3.12. The molecule has 0 saturated carbocycles. The van der Waals surface area contributed by atoms with Gasteiger partial charge >= 0.3 is 6.09 Å². The van der Waals surface area contributed by atoms with Gasteiger partial charge in [0.05, 0.1) is 11.1 Å². The number of fused-ring (bicyclic) bond motifs is 2. The number of nitrogens with one attached hydrogen (secondary N) is 1. The number of hydrogen-bond donors (Lipinski definition) is 2. The normalized spacial score (nSPS) is 25.1. The Bertz CT molecular complexity index is 1080. The van der Waals surface area contributed by atoms with E-state index < -0.39 is 23.4 Å². The largest absolute Gasteiger partial charge is 0.465 e. The van der Waals surface area contributed by atoms with Crippen LogP contribution in [0.1, 0.15) is 44.4 Å². The molecule has 1 saturated heterocycles. The predicted octanol–water partition coefficient (Wildman–Crippen LogP) is 6.11. The summed E-state index contributed by atoms with van der Waals surface area (Å²) in [6.07, 6.45) is -0.652. The van der Waals surface area contributed by atoms with Crippen LogP contribution in [0.2, 0.25) is 10.0 Å². The molecule has 2 heterocycles. The van der Waals surface area contributed by atoms with Crippen molar-refractivity contribution in [3.63, 3.8) is 0 Å². The van der Waals surface area contributed by atoms with E-state index >= 15 is 4.39 Å². The topological polar surface area (TPSA) is 69.6 Å². The van der Waals surface area contributed by atoms with Gasteiger partial charge in [-0.05, 0) is 41.5 Å². The van der Waals surface area contributed by atoms with Gasteiger partial charge in [-0.25, -0.2) is 9.18 Å². The zero-order valence-corrected chi connectivity index (χ0v) is 18.9. The predicted molar refractivity (Wildman–Crippen MR) is 118 cm³/mol. The van der Waals surface area contributed by atoms with Gasteiger partial charge in [-0.3, -0.25) is 9.69 Å². The van der Waals surface area contributed by atoms with Gasteiger partial charge in [-0.1, -0.05) is 62.2 Å². The lowest BCUT2D eigenvalue weighted by molar-refractivity contribution is -0.123. The molecule has 3 atom stereocenters. The Kier molecular flexibility index (Phi) is 5.22. The first-order chi connectivity index (χ1) is 14.5. The summed E-state index contributed by atoms with van der Waals surface area (Å²) < 4.78 is 15.3. The van der Waals surface area contributed by atoms with Gasteiger partial charge in [0.2, 0.25) is 5.91 Å². The van der Waals surface area contributed by atoms with Crippen LogP contribution in [0.5, 0.6) is 0 Å². The molecule has 2 N–H and O–H groups in total. The summed E-state index contributed by atoms with van der Waals surface area (Å²) >= 11 is 12.2. The summed E-state index contributed by atoms with van der Waals surface area (Å²) in [6, 6.07) is 8.47. The van der Waals surface area contributed by atoms with E-state index in [2.05, 4.69) is 5.32 Å². The first kappa shape index (κ1) is 21.9. The van der Waals surface area contributed by atoms with E-state index in [0.29, 0.717) is 22.7 Å². The Morgan fingerprint density at radius 1 is 1.29 bits per heavy atom. The fraction of sp³-hybridized carbons (Fsp3) is 0.391. The number of halogens is 3. The third-order valence-corrected chi connectivity index (χ3v) is 6.76. The number of anilines is 1. The molecule has 2 amide bonds. The minimum atomic E-state index is -1.31. The highest BCUT2D eigenvalue weighted by Gasteiger charge is 2.65. The first-order valence-electron chi connectivity index (χ1n) is 10.0. The van der Waals surface area contributed by atoms with Gasteiger partial charge in [-0.2, -0.15) is 0 Å². The lowest BCUT2D eigenvalue weighted by Crippen LogP contribution is -2.46. The lowest BCUT2D eigenvalue weighted by Gasteiger charge is -2.37. The summed E-state index contributed by atoms with van der Waals surface area (Å²) in [5, 5.41) is 13.3. The molecule has 2 aliphatic rings. The van der Waals surface area contributed by atoms with Gasteiger partial charge in [0.25, 0.3) is 0 Å². The summed E-state index contributed by atoms with van der Waals surface area (Å²) in [6.45, 7) is 6.21. The van der Waals surface area contributed by atoms with E-state index in [-0.39, 0.29) is 34.4 Å². The third kappa shape index (κ3) is 3.37. The zero-order valence-electron chi connectivity index (χ0n) is 17.4. The smallest absolute Gasteiger partial charge is 0.407 e. The van der Waals surface area contributed by atoms with Crippen molar-refractivity contribution in [2.75, 3.05) is 11.9 Å². The number of hydrogen-bond acceptors (Lipinski definition) is 2. The van der Waals surface area contributed by atoms with E-state index in [9.17, 15) is 14.7 Å². The van der Waals surface area contributed by atoms with Crippen molar-refractivity contribution in [3.05, 3.63) is 63.4 Å². The Morgan fingerprint density at radius 3 is 2.65 bits per heavy atom. The van der Waals surface area contributed by atoms with Crippen LogP contribution in [0.25, 0.3) is 0 Å². The van der Waals surface area contributed by atoms with Crippen molar-refractivity contribution >= 4 is 40.9 Å². The van der Waals surface area contributed by atoms with E-state index in [1.807, 2.05) is 20.8 Å². The van der Waals surface area contributed by atoms with Crippen molar-refractivity contribution < 1.29 is 19.1 Å². The SMILES string of the molecule is CC(C)(C)C[C@@H]1CN(C(=O)O)[C@H](c2cccc(Cl)c2F)C12C(=O)Nc1cc(Cl)ccc12. The van der Waals surface area contributed by atoms with Crippen LogP contribution < -0.4 is 5.32 Å². The standard InChI is InChI=1S/C23H23Cl2FN2O3/c1-22(2,3)10-12-11-28(21(30)31)19(14-5-4-6-16(25)18(14)26)23(12)15-8-7-13(24)9-17(15)27-20(23)29/h4-9,12,19H,10-11H2,1-3H3,(H,27,29)(H,30,31)/t12-,19-,23?/m1/s1. The number of carboxylic acid groups (broad SMARTS) is 1. The quantitative estimate of drug-likeness (QED) is 0.562. The number of nitrogens with zero attached hydrogens (tertiary/aromatic N) is 1. The lowest BCUT2D eigenvalue weighted by atomic mass is 9.63. The van der Waals surface area contributed by atoms with Gasteiger partial charge in [-0.15, -0.1) is 0 Å². The van der Waals surface area contributed by atoms with Gasteiger partial charge < -0.3 is 10.4 Å². The van der Waals surface area contributed by atoms with E-state index in [1.54, 1.807) is 24.3 Å². The van der Waals surface area contributed by atoms with Gasteiger partial charge in [0.1, 0.15) is 11.2 Å². The Balaban J connectivity index is 2.04. The fourth-order valence-electron chi connectivity index (χ4n) is 5.26. The van der Waals surface area contributed by atoms with Crippen molar-refractivity contribution in [3.8, 4) is 0 Å². The summed E-state index contributed by atoms with van der Waals surface area (Å²) in [4.78, 5) is 27.2. The highest BCUT2D eigenvalue weighted by atomic mass is 35.5. The van der Waals surface area contributed by atoms with Gasteiger partial charge in [0.15, 0.2) is 0 Å². The molecule has 5 nitrogen and oxygen atoms in total. The molecule has 1 spiro atoms. The van der Waals surface area contributed by atoms with Crippen molar-refractivity contribution in [1.82, 2.24) is 4.90 Å². The number of carbonyl (C=O) groups excluding carboxylic acids is 1. The van der Waals surface area contributed by atoms with Crippen LogP contribution in [0, 0.1) is 17.2 Å². The van der Waals surface area contributed by atoms with E-state index in [0.717, 1.165) is 0 Å². The molecule has 0 aromatic heterocycles. The summed E-state index contributed by atoms with van der Waals surface area (Å²) in [5.74, 6) is -1.45. The van der Waals surface area contributed by atoms with Crippen LogP contribution in [0.15, 0.2) is 36.4 Å². The molecule has 2 aliphatic heterocycles. The second kappa shape index (κ2) is 7.38. The highest BCUT2D eigenvalue weighted by Crippen LogP contribution is 2.60. The number of amides is 2. The zero-order chi connectivity index (χ0) is 22.7. The van der Waals surface area contributed by atoms with Crippen LogP contribution in [0.4, 0.5) is 14.9 Å². The van der Waals surface area contributed by atoms with Crippen molar-refractivity contribution in [2.24, 2.45) is 11.3 Å². The minimum absolute atomic E-state index is 0.0873. The van der Waals surface area contributed by atoms with Crippen molar-refractivity contribution in [1.29, 1.82) is 0 Å². The third-order valence-electron chi connectivity index (χ3n) is 6.24. The highest BCUT2D eigenvalue weighted by molar-refractivity contribution is 6.31. The van der Waals surface area contributed by atoms with E-state index in [1.165, 1.54) is 17.0 Å². The Morgan fingerprint density at radius 2 is 2.00 bits per heavy atom. The van der Waals surface area contributed by atoms with Crippen LogP contribution in [-0.2, 0) is 10.2 Å². The maximum atomic E-state index is 15.3. The maximum Gasteiger partial charge on any atom is 0.407 e. The molecule has 1 fully saturated rings. The minimum Gasteiger partial charge on any atom is -0.465 e. The van der Waals surface area contributed by atoms with Gasteiger partial charge in [0, 0.05) is 22.8 Å². The molecule has 0 aliphatic carbocycles. The first-order valence-corrected chi connectivity index (χ1v) is 10.8. The molecule has 4 rings (SSSR count). The molecule has 31 heavy (non-hydrogen) atoms. The molecule has 0 radical (unpaired) electrons. The molecule has 2 aromatic rings. The van der Waals surface area contributed by atoms with Crippen LogP contribution in [0.3, 0.4) is 0 Å². The molecule has 0 bridgehead atoms. The maximum absolute atomic E-state index is 15.3. The second-order valence-electron chi connectivity index (χ2n) is 9.46. The second-order valence-corrected chi connectivity index (χ2v) is 10.3. The van der Waals surface area contributed by atoms with Crippen molar-refractivity contribution in [2.45, 2.75) is 38.6 Å². The fourth-order valence-corrected chi connectivity index (χ4v) is 5.61. The van der Waals surface area contributed by atoms with Crippen LogP contribution in [-0.4, -0.2) is 28.6 Å². The number of benzene rings is 2. The summed E-state index contributed by atoms with van der Waals surface area (Å²) in [5.41, 5.74) is -0.263. The number of rotatable bonds is 2. The number of likely N-dealkylation sites (tertiary alicyclic amines) is 1. The molecule has 164 valence electrons. The molecular formula is C23H23Cl2FN2O3.